The Morgan fingerprint density at radius 1 is 1.24 bits per heavy atom. The Bertz CT molecular complexity index is 430. The van der Waals surface area contributed by atoms with Crippen molar-refractivity contribution in [3.8, 4) is 0 Å². The molecule has 2 N–H and O–H groups in total. The van der Waals surface area contributed by atoms with Crippen molar-refractivity contribution in [1.29, 1.82) is 0 Å². The van der Waals surface area contributed by atoms with Crippen molar-refractivity contribution in [2.75, 3.05) is 50.0 Å². The smallest absolute Gasteiger partial charge is 0.225 e. The van der Waals surface area contributed by atoms with Crippen LogP contribution in [-0.4, -0.2) is 55.5 Å². The molecule has 116 valence electrons. The fraction of sp³-hybridized carbons (Fsp3) is 0.562. The highest BCUT2D eigenvalue weighted by Crippen LogP contribution is 2.13. The molecule has 1 aliphatic heterocycles. The van der Waals surface area contributed by atoms with E-state index in [0.29, 0.717) is 13.0 Å². The van der Waals surface area contributed by atoms with Crippen LogP contribution in [0.1, 0.15) is 12.0 Å². The number of carbonyl (C=O) groups excluding carboxylic acids is 1. The number of anilines is 1. The Balaban J connectivity index is 1.74. The van der Waals surface area contributed by atoms with E-state index in [9.17, 15) is 4.79 Å². The molecule has 4 nitrogen and oxygen atoms in total. The molecule has 0 aromatic heterocycles. The number of hydrogen-bond acceptors (Lipinski definition) is 4. The van der Waals surface area contributed by atoms with E-state index in [2.05, 4.69) is 27.7 Å². The Morgan fingerprint density at radius 2 is 1.95 bits per heavy atom. The number of nitrogens with zero attached hydrogens (tertiary/aromatic N) is 1. The molecule has 0 radical (unpaired) electrons. The summed E-state index contributed by atoms with van der Waals surface area (Å²) in [5, 5.41) is 5.89. The molecule has 1 aromatic carbocycles. The first kappa shape index (κ1) is 16.3. The van der Waals surface area contributed by atoms with Crippen LogP contribution < -0.4 is 10.6 Å². The molecular formula is C16H25N3OS. The third-order valence-electron chi connectivity index (χ3n) is 3.66. The summed E-state index contributed by atoms with van der Waals surface area (Å²) in [4.78, 5) is 14.2. The predicted molar refractivity (Wildman–Crippen MR) is 91.1 cm³/mol. The summed E-state index contributed by atoms with van der Waals surface area (Å²) >= 11 is 2.05. The molecule has 1 heterocycles. The lowest BCUT2D eigenvalue weighted by molar-refractivity contribution is -0.116. The molecule has 1 fully saturated rings. The summed E-state index contributed by atoms with van der Waals surface area (Å²) in [6.07, 6.45) is 1.59. The average Bonchev–Trinajstić information content (AvgIpc) is 2.53. The highest BCUT2D eigenvalue weighted by molar-refractivity contribution is 7.99. The van der Waals surface area contributed by atoms with Crippen LogP contribution in [0.3, 0.4) is 0 Å². The third-order valence-corrected chi connectivity index (χ3v) is 4.60. The zero-order chi connectivity index (χ0) is 14.9. The van der Waals surface area contributed by atoms with E-state index in [-0.39, 0.29) is 5.91 Å². The number of thioether (sulfide) groups is 1. The third kappa shape index (κ3) is 6.08. The first-order chi connectivity index (χ1) is 10.3. The minimum absolute atomic E-state index is 0.0583. The van der Waals surface area contributed by atoms with Crippen molar-refractivity contribution in [2.24, 2.45) is 0 Å². The van der Waals surface area contributed by atoms with E-state index in [1.807, 2.05) is 30.9 Å². The molecule has 0 aliphatic carbocycles. The highest BCUT2D eigenvalue weighted by atomic mass is 32.2. The summed E-state index contributed by atoms with van der Waals surface area (Å²) in [6, 6.07) is 8.23. The number of benzene rings is 1. The van der Waals surface area contributed by atoms with Crippen LogP contribution in [-0.2, 0) is 11.2 Å². The molecule has 0 saturated carbocycles. The number of hydrogen-bond donors (Lipinski definition) is 2. The first-order valence-electron chi connectivity index (χ1n) is 7.61. The second kappa shape index (κ2) is 9.07. The van der Waals surface area contributed by atoms with Gasteiger partial charge in [0, 0.05) is 49.8 Å². The van der Waals surface area contributed by atoms with E-state index in [1.165, 1.54) is 30.2 Å². The summed E-state index contributed by atoms with van der Waals surface area (Å²) in [6.45, 7) is 4.26. The average molecular weight is 307 g/mol. The van der Waals surface area contributed by atoms with Crippen LogP contribution in [0, 0.1) is 0 Å². The molecule has 0 unspecified atom stereocenters. The molecule has 2 rings (SSSR count). The molecule has 1 saturated heterocycles. The summed E-state index contributed by atoms with van der Waals surface area (Å²) in [5.74, 6) is 2.58. The number of amides is 1. The van der Waals surface area contributed by atoms with Crippen LogP contribution in [0.25, 0.3) is 0 Å². The van der Waals surface area contributed by atoms with E-state index < -0.39 is 0 Å². The van der Waals surface area contributed by atoms with E-state index >= 15 is 0 Å². The van der Waals surface area contributed by atoms with Crippen LogP contribution in [0.4, 0.5) is 5.69 Å². The summed E-state index contributed by atoms with van der Waals surface area (Å²) in [5.41, 5.74) is 2.22. The minimum Gasteiger partial charge on any atom is -0.326 e. The SMILES string of the molecule is CNCCC(=O)Nc1ccc(CCN2CCSCC2)cc1. The van der Waals surface area contributed by atoms with Crippen LogP contribution >= 0.6 is 11.8 Å². The summed E-state index contributed by atoms with van der Waals surface area (Å²) < 4.78 is 0. The molecule has 1 aromatic rings. The van der Waals surface area contributed by atoms with Gasteiger partial charge in [0.05, 0.1) is 0 Å². The van der Waals surface area contributed by atoms with Gasteiger partial charge in [-0.05, 0) is 31.2 Å². The van der Waals surface area contributed by atoms with Crippen molar-refractivity contribution >= 4 is 23.4 Å². The predicted octanol–water partition coefficient (Wildman–Crippen LogP) is 1.83. The second-order valence-electron chi connectivity index (χ2n) is 5.30. The minimum atomic E-state index is 0.0583. The molecule has 0 bridgehead atoms. The Hall–Kier alpha value is -1.04. The quantitative estimate of drug-likeness (QED) is 0.806. The van der Waals surface area contributed by atoms with Gasteiger partial charge in [0.25, 0.3) is 0 Å². The molecule has 0 atom stereocenters. The maximum absolute atomic E-state index is 11.6. The molecule has 0 spiro atoms. The van der Waals surface area contributed by atoms with Gasteiger partial charge in [-0.3, -0.25) is 4.79 Å². The molecule has 21 heavy (non-hydrogen) atoms. The standard InChI is InChI=1S/C16H25N3OS/c1-17-8-6-16(20)18-15-4-2-14(3-5-15)7-9-19-10-12-21-13-11-19/h2-5,17H,6-13H2,1H3,(H,18,20). The van der Waals surface area contributed by atoms with E-state index in [1.54, 1.807) is 0 Å². The largest absolute Gasteiger partial charge is 0.326 e. The monoisotopic (exact) mass is 307 g/mol. The number of carbonyl (C=O) groups is 1. The van der Waals surface area contributed by atoms with Crippen molar-refractivity contribution < 1.29 is 4.79 Å². The topological polar surface area (TPSA) is 44.4 Å². The van der Waals surface area contributed by atoms with Gasteiger partial charge in [-0.1, -0.05) is 12.1 Å². The zero-order valence-electron chi connectivity index (χ0n) is 12.7. The van der Waals surface area contributed by atoms with Crippen LogP contribution in [0.15, 0.2) is 24.3 Å². The van der Waals surface area contributed by atoms with Gasteiger partial charge in [0.2, 0.25) is 5.91 Å². The first-order valence-corrected chi connectivity index (χ1v) is 8.77. The van der Waals surface area contributed by atoms with Gasteiger partial charge in [-0.15, -0.1) is 0 Å². The fourth-order valence-corrected chi connectivity index (χ4v) is 3.31. The normalized spacial score (nSPS) is 15.9. The second-order valence-corrected chi connectivity index (χ2v) is 6.53. The maximum Gasteiger partial charge on any atom is 0.225 e. The van der Waals surface area contributed by atoms with Gasteiger partial charge in [-0.2, -0.15) is 11.8 Å². The lowest BCUT2D eigenvalue weighted by atomic mass is 10.1. The van der Waals surface area contributed by atoms with Crippen molar-refractivity contribution in [3.63, 3.8) is 0 Å². The van der Waals surface area contributed by atoms with Crippen LogP contribution in [0.2, 0.25) is 0 Å². The Morgan fingerprint density at radius 3 is 2.62 bits per heavy atom. The van der Waals surface area contributed by atoms with Crippen molar-refractivity contribution in [1.82, 2.24) is 10.2 Å². The van der Waals surface area contributed by atoms with Crippen LogP contribution in [0.5, 0.6) is 0 Å². The lowest BCUT2D eigenvalue weighted by Gasteiger charge is -2.26. The summed E-state index contributed by atoms with van der Waals surface area (Å²) in [7, 11) is 1.85. The molecule has 5 heteroatoms. The fourth-order valence-electron chi connectivity index (χ4n) is 2.33. The van der Waals surface area contributed by atoms with Gasteiger partial charge in [0.15, 0.2) is 0 Å². The van der Waals surface area contributed by atoms with Gasteiger partial charge >= 0.3 is 0 Å². The lowest BCUT2D eigenvalue weighted by Crippen LogP contribution is -2.34. The van der Waals surface area contributed by atoms with Gasteiger partial charge in [0.1, 0.15) is 0 Å². The van der Waals surface area contributed by atoms with Gasteiger partial charge in [-0.25, -0.2) is 0 Å². The van der Waals surface area contributed by atoms with Gasteiger partial charge < -0.3 is 15.5 Å². The van der Waals surface area contributed by atoms with Crippen molar-refractivity contribution in [2.45, 2.75) is 12.8 Å². The number of nitrogens with one attached hydrogen (secondary N) is 2. The Labute approximate surface area is 131 Å². The van der Waals surface area contributed by atoms with E-state index in [0.717, 1.165) is 18.7 Å². The van der Waals surface area contributed by atoms with E-state index in [4.69, 9.17) is 0 Å². The molecule has 1 aliphatic rings. The number of rotatable bonds is 7. The highest BCUT2D eigenvalue weighted by Gasteiger charge is 2.09. The molecule has 1 amide bonds. The Kier molecular flexibility index (Phi) is 7.06. The van der Waals surface area contributed by atoms with Crippen molar-refractivity contribution in [3.05, 3.63) is 29.8 Å². The molecular weight excluding hydrogens is 282 g/mol. The maximum atomic E-state index is 11.6. The zero-order valence-corrected chi connectivity index (χ0v) is 13.5.